The minimum absolute atomic E-state index is 0.836. The van der Waals surface area contributed by atoms with Gasteiger partial charge in [-0.3, -0.25) is 0 Å². The number of unbranched alkanes of at least 4 members (excludes halogenated alkanes) is 6. The van der Waals surface area contributed by atoms with Gasteiger partial charge in [0.15, 0.2) is 0 Å². The maximum atomic E-state index is 10.3. The van der Waals surface area contributed by atoms with Crippen LogP contribution in [0.3, 0.4) is 0 Å². The Morgan fingerprint density at radius 1 is 0.900 bits per heavy atom. The fourth-order valence-corrected chi connectivity index (χ4v) is 2.41. The molecular weight excluding hydrogens is 248 g/mol. The monoisotopic (exact) mass is 282 g/mol. The van der Waals surface area contributed by atoms with E-state index >= 15 is 0 Å². The minimum atomic E-state index is -0.836. The summed E-state index contributed by atoms with van der Waals surface area (Å²) in [4.78, 5) is 10.3. The molecule has 118 valence electrons. The van der Waals surface area contributed by atoms with Crippen LogP contribution < -0.4 is 0 Å². The molecular formula is C18H34O2. The Hall–Kier alpha value is -0.790. The van der Waals surface area contributed by atoms with E-state index < -0.39 is 5.97 Å². The van der Waals surface area contributed by atoms with Crippen molar-refractivity contribution in [2.24, 2.45) is 11.8 Å². The van der Waals surface area contributed by atoms with E-state index in [1.54, 1.807) is 6.08 Å². The van der Waals surface area contributed by atoms with Gasteiger partial charge >= 0.3 is 5.97 Å². The van der Waals surface area contributed by atoms with Gasteiger partial charge in [0, 0.05) is 6.08 Å². The number of hydrogen-bond donors (Lipinski definition) is 1. The van der Waals surface area contributed by atoms with Gasteiger partial charge in [0.25, 0.3) is 0 Å². The van der Waals surface area contributed by atoms with Gasteiger partial charge in [0.2, 0.25) is 0 Å². The van der Waals surface area contributed by atoms with Crippen LogP contribution in [0.1, 0.15) is 85.0 Å². The average molecular weight is 282 g/mol. The third kappa shape index (κ3) is 15.3. The molecule has 1 atom stereocenters. The first-order valence-corrected chi connectivity index (χ1v) is 8.41. The van der Waals surface area contributed by atoms with E-state index in [0.717, 1.165) is 24.7 Å². The highest BCUT2D eigenvalue weighted by Gasteiger charge is 2.03. The van der Waals surface area contributed by atoms with E-state index in [2.05, 4.69) is 20.8 Å². The van der Waals surface area contributed by atoms with E-state index in [9.17, 15) is 4.79 Å². The van der Waals surface area contributed by atoms with Gasteiger partial charge in [-0.1, -0.05) is 78.2 Å². The lowest BCUT2D eigenvalue weighted by molar-refractivity contribution is -0.131. The van der Waals surface area contributed by atoms with Crippen LogP contribution in [0.25, 0.3) is 0 Å². The summed E-state index contributed by atoms with van der Waals surface area (Å²) in [5, 5.41) is 8.44. The Kier molecular flexibility index (Phi) is 12.7. The quantitative estimate of drug-likeness (QED) is 0.341. The summed E-state index contributed by atoms with van der Waals surface area (Å²) in [6, 6.07) is 0. The SMILES string of the molecule is CC(C)CCC(C)CCCCCCCCC=CC(=O)O. The van der Waals surface area contributed by atoms with Crippen molar-refractivity contribution in [1.29, 1.82) is 0 Å². The Balaban J connectivity index is 3.22. The molecule has 0 radical (unpaired) electrons. The molecule has 0 spiro atoms. The molecule has 20 heavy (non-hydrogen) atoms. The molecule has 0 saturated carbocycles. The number of carboxylic acids is 1. The highest BCUT2D eigenvalue weighted by molar-refractivity contribution is 5.79. The second-order valence-corrected chi connectivity index (χ2v) is 6.52. The Morgan fingerprint density at radius 3 is 2.10 bits per heavy atom. The molecule has 0 aliphatic rings. The van der Waals surface area contributed by atoms with Gasteiger partial charge in [-0.15, -0.1) is 0 Å². The molecule has 0 rings (SSSR count). The second kappa shape index (κ2) is 13.2. The molecule has 2 nitrogen and oxygen atoms in total. The average Bonchev–Trinajstić information content (AvgIpc) is 2.38. The summed E-state index contributed by atoms with van der Waals surface area (Å²) in [6.07, 6.45) is 15.7. The topological polar surface area (TPSA) is 37.3 Å². The van der Waals surface area contributed by atoms with E-state index in [1.807, 2.05) is 0 Å². The molecule has 1 N–H and O–H groups in total. The molecule has 0 aliphatic heterocycles. The van der Waals surface area contributed by atoms with Crippen LogP contribution in [-0.4, -0.2) is 11.1 Å². The summed E-state index contributed by atoms with van der Waals surface area (Å²) in [7, 11) is 0. The van der Waals surface area contributed by atoms with E-state index in [1.165, 1.54) is 57.4 Å². The zero-order valence-corrected chi connectivity index (χ0v) is 13.7. The number of hydrogen-bond acceptors (Lipinski definition) is 1. The molecule has 0 aliphatic carbocycles. The highest BCUT2D eigenvalue weighted by Crippen LogP contribution is 2.18. The smallest absolute Gasteiger partial charge is 0.327 e. The Morgan fingerprint density at radius 2 is 1.50 bits per heavy atom. The van der Waals surface area contributed by atoms with Gasteiger partial charge in [0.05, 0.1) is 0 Å². The third-order valence-corrected chi connectivity index (χ3v) is 3.81. The number of rotatable bonds is 13. The Bertz CT molecular complexity index is 256. The van der Waals surface area contributed by atoms with Crippen molar-refractivity contribution in [3.8, 4) is 0 Å². The number of carbonyl (C=O) groups is 1. The third-order valence-electron chi connectivity index (χ3n) is 3.81. The minimum Gasteiger partial charge on any atom is -0.478 e. The molecule has 0 aromatic carbocycles. The van der Waals surface area contributed by atoms with Crippen LogP contribution >= 0.6 is 0 Å². The van der Waals surface area contributed by atoms with Crippen LogP contribution in [0.4, 0.5) is 0 Å². The summed E-state index contributed by atoms with van der Waals surface area (Å²) in [5.74, 6) is 0.891. The van der Waals surface area contributed by atoms with Crippen molar-refractivity contribution in [1.82, 2.24) is 0 Å². The summed E-state index contributed by atoms with van der Waals surface area (Å²) >= 11 is 0. The fraction of sp³-hybridized carbons (Fsp3) is 0.833. The largest absolute Gasteiger partial charge is 0.478 e. The zero-order valence-electron chi connectivity index (χ0n) is 13.7. The predicted molar refractivity (Wildman–Crippen MR) is 86.9 cm³/mol. The molecule has 0 heterocycles. The number of aliphatic carboxylic acids is 1. The molecule has 0 fully saturated rings. The molecule has 1 unspecified atom stereocenters. The maximum absolute atomic E-state index is 10.3. The Labute approximate surface area is 125 Å². The van der Waals surface area contributed by atoms with Crippen molar-refractivity contribution in [2.75, 3.05) is 0 Å². The standard InChI is InChI=1S/C18H34O2/c1-16(2)14-15-17(3)12-10-8-6-4-5-7-9-11-13-18(19)20/h11,13,16-17H,4-10,12,14-15H2,1-3H3,(H,19,20). The predicted octanol–water partition coefficient (Wildman–Crippen LogP) is 5.82. The first kappa shape index (κ1) is 19.2. The molecule has 0 aromatic heterocycles. The van der Waals surface area contributed by atoms with E-state index in [-0.39, 0.29) is 0 Å². The molecule has 0 saturated heterocycles. The zero-order chi connectivity index (χ0) is 15.2. The van der Waals surface area contributed by atoms with Gasteiger partial charge in [-0.2, -0.15) is 0 Å². The van der Waals surface area contributed by atoms with Crippen molar-refractivity contribution in [2.45, 2.75) is 85.0 Å². The lowest BCUT2D eigenvalue weighted by Gasteiger charge is -2.12. The summed E-state index contributed by atoms with van der Waals surface area (Å²) in [6.45, 7) is 6.99. The highest BCUT2D eigenvalue weighted by atomic mass is 16.4. The van der Waals surface area contributed by atoms with Crippen molar-refractivity contribution in [3.63, 3.8) is 0 Å². The molecule has 0 aromatic rings. The number of allylic oxidation sites excluding steroid dienone is 1. The normalized spacial score (nSPS) is 13.2. The van der Waals surface area contributed by atoms with Crippen molar-refractivity contribution in [3.05, 3.63) is 12.2 Å². The van der Waals surface area contributed by atoms with Crippen LogP contribution in [0.2, 0.25) is 0 Å². The van der Waals surface area contributed by atoms with Crippen LogP contribution in [-0.2, 0) is 4.79 Å². The van der Waals surface area contributed by atoms with Crippen LogP contribution in [0, 0.1) is 11.8 Å². The lowest BCUT2D eigenvalue weighted by Crippen LogP contribution is -1.98. The summed E-state index contributed by atoms with van der Waals surface area (Å²) < 4.78 is 0. The van der Waals surface area contributed by atoms with Gasteiger partial charge < -0.3 is 5.11 Å². The van der Waals surface area contributed by atoms with Crippen molar-refractivity contribution < 1.29 is 9.90 Å². The first-order chi connectivity index (χ1) is 9.52. The number of carboxylic acid groups (broad SMARTS) is 1. The van der Waals surface area contributed by atoms with Gasteiger partial charge in [0.1, 0.15) is 0 Å². The van der Waals surface area contributed by atoms with Crippen molar-refractivity contribution >= 4 is 5.97 Å². The second-order valence-electron chi connectivity index (χ2n) is 6.52. The summed E-state index contributed by atoms with van der Waals surface area (Å²) in [5.41, 5.74) is 0. The van der Waals surface area contributed by atoms with Crippen LogP contribution in [0.15, 0.2) is 12.2 Å². The molecule has 0 bridgehead atoms. The fourth-order valence-electron chi connectivity index (χ4n) is 2.41. The van der Waals surface area contributed by atoms with E-state index in [4.69, 9.17) is 5.11 Å². The first-order valence-electron chi connectivity index (χ1n) is 8.41. The molecule has 0 amide bonds. The van der Waals surface area contributed by atoms with Gasteiger partial charge in [-0.05, 0) is 24.7 Å². The lowest BCUT2D eigenvalue weighted by atomic mass is 9.94. The van der Waals surface area contributed by atoms with Gasteiger partial charge in [-0.25, -0.2) is 4.79 Å². The molecule has 2 heteroatoms. The maximum Gasteiger partial charge on any atom is 0.327 e. The van der Waals surface area contributed by atoms with Crippen LogP contribution in [0.5, 0.6) is 0 Å². The van der Waals surface area contributed by atoms with E-state index in [0.29, 0.717) is 0 Å².